The number of aromatic amines is 5. The van der Waals surface area contributed by atoms with Gasteiger partial charge in [-0.25, -0.2) is 67.8 Å². The van der Waals surface area contributed by atoms with E-state index in [-0.39, 0.29) is 124 Å². The molecule has 2 spiro atoms. The Hall–Kier alpha value is -13.0. The van der Waals surface area contributed by atoms with Crippen molar-refractivity contribution in [2.75, 3.05) is 75.2 Å². The predicted molar refractivity (Wildman–Crippen MR) is 534 cm³/mol. The number of anilines is 2. The highest BCUT2D eigenvalue weighted by molar-refractivity contribution is 7.90. The highest BCUT2D eigenvalue weighted by Gasteiger charge is 2.44. The molecule has 57 heteroatoms. The van der Waals surface area contributed by atoms with Crippen LogP contribution >= 0.6 is 0 Å². The molecule has 10 heterocycles. The second-order valence-electron chi connectivity index (χ2n) is 38.3. The molecule has 3 aliphatic carbocycles. The Balaban J connectivity index is 0.000000142. The van der Waals surface area contributed by atoms with Crippen molar-refractivity contribution in [2.45, 2.75) is 230 Å². The Labute approximate surface area is 828 Å². The lowest BCUT2D eigenvalue weighted by molar-refractivity contribution is 0.0894. The van der Waals surface area contributed by atoms with Crippen molar-refractivity contribution in [3.63, 3.8) is 0 Å². The van der Waals surface area contributed by atoms with E-state index in [1.807, 2.05) is 57.2 Å². The molecule has 8 fully saturated rings. The maximum Gasteiger partial charge on any atom is 0.239 e. The monoisotopic (exact) mass is 2070 g/mol. The number of piperidine rings is 5. The van der Waals surface area contributed by atoms with Crippen molar-refractivity contribution in [2.24, 2.45) is 98.5 Å². The van der Waals surface area contributed by atoms with Crippen LogP contribution in [0, 0.1) is 73.5 Å². The first-order valence-corrected chi connectivity index (χ1v) is 54.9. The Bertz CT molecular complexity index is 6500. The molecule has 18 rings (SSSR count). The molecule has 52 nitrogen and oxygen atoms in total. The van der Waals surface area contributed by atoms with Crippen molar-refractivity contribution in [1.82, 2.24) is 118 Å². The molecule has 0 atom stereocenters. The zero-order valence-electron chi connectivity index (χ0n) is 80.3. The van der Waals surface area contributed by atoms with E-state index in [1.165, 1.54) is 0 Å². The van der Waals surface area contributed by atoms with Crippen LogP contribution in [0.25, 0.3) is 56.9 Å². The third-order valence-electron chi connectivity index (χ3n) is 29.4. The van der Waals surface area contributed by atoms with Crippen LogP contribution in [0.3, 0.4) is 0 Å². The molecule has 0 radical (unpaired) electrons. The number of nitrogens with zero attached hydrogens (tertiary/aromatic N) is 22. The number of benzene rings is 5. The van der Waals surface area contributed by atoms with Crippen LogP contribution in [0.15, 0.2) is 95.1 Å². The standard InChI is InChI=1S/C20H30N8O2S.C19H28N8O2S.C18H27N9O2S.C15H22N8O2S.C14H21N9O2S/c1-12-2-7-16(17(18(12)31(23,29)30)19-24-26-27-25-19)15-5-3-13(4-6-15)14-8-10-28(11-9-14)20(21)22;1-12-2-3-14(15(16(12)30(22,28)29)17-23-25-26-24-17)13-4-6-19(7-5-13)8-10-27(11-9-19)18(20)21;1-12-2-3-13(14(15(12)30(21,28)29)16-22-24-25-23-16)26-8-4-18(5-9-26)6-10-27(11-7-18)17(19)20;1-8-2-7-11(9-3-5-10(6-4-9)19-15(16)17)12(13(8)26(18,24)25)14-20-22-23-21-14;1-8-2-3-10(23-6-4-9(5-7-23)18-14(15)16)11(12(8)26(17,24)25)13-19-21-22-20-13/h2,7,13-15H,3-6,8-11H2,1H3,(H3,21,22)(H2,23,29,30)(H,24,25,26,27);2-3,13H,4-11H2,1H3,(H3,20,21)(H2,22,28,29)(H,23,24,25,26);2-3H,4-11H2,1H3,(H3,19,20)(H2,21,28,29)(H,22,23,24,25);2,7,9-10H,3-6H2,1H3,(H4,16,17,19)(H2,18,24,25)(H,20,21,22,23);2-3,9H,4-7H2,1H3,(H4,15,16,18)(H2,17,24,25)(H,19,20,21,22). The minimum absolute atomic E-state index is 0.00254. The molecular weight excluding hydrogens is 1940 g/mol. The van der Waals surface area contributed by atoms with Crippen LogP contribution in [0.5, 0.6) is 0 Å². The van der Waals surface area contributed by atoms with Crippen molar-refractivity contribution < 1.29 is 42.1 Å². The number of primary sulfonamides is 5. The molecular formula is C86H128N42O10S5. The minimum atomic E-state index is -3.98. The molecule has 5 aromatic carbocycles. The lowest BCUT2D eigenvalue weighted by Gasteiger charge is -2.47. The van der Waals surface area contributed by atoms with Gasteiger partial charge in [-0.2, -0.15) is 26.1 Å². The summed E-state index contributed by atoms with van der Waals surface area (Å²) in [5.74, 6) is 3.64. The summed E-state index contributed by atoms with van der Waals surface area (Å²) < 4.78 is 123. The fourth-order valence-corrected chi connectivity index (χ4v) is 27.2. The van der Waals surface area contributed by atoms with E-state index in [0.29, 0.717) is 86.2 Å². The average molecular weight is 2070 g/mol. The summed E-state index contributed by atoms with van der Waals surface area (Å²) in [7, 11) is -19.8. The molecule has 5 aliphatic heterocycles. The maximum atomic E-state index is 12.4. The van der Waals surface area contributed by atoms with Crippen LogP contribution in [0.1, 0.15) is 204 Å². The second-order valence-corrected chi connectivity index (χ2v) is 45.8. The van der Waals surface area contributed by atoms with Gasteiger partial charge in [0.25, 0.3) is 0 Å². The molecule has 32 N–H and O–H groups in total. The van der Waals surface area contributed by atoms with Gasteiger partial charge in [0, 0.05) is 93.5 Å². The highest BCUT2D eigenvalue weighted by atomic mass is 32.2. The van der Waals surface area contributed by atoms with Gasteiger partial charge < -0.3 is 64.6 Å². The summed E-state index contributed by atoms with van der Waals surface area (Å²) in [6.45, 7) is 16.4. The average Bonchev–Trinajstić information content (AvgIpc) is 1.74. The fourth-order valence-electron chi connectivity index (χ4n) is 22.2. The number of tetrazole rings is 5. The first-order chi connectivity index (χ1) is 67.7. The van der Waals surface area contributed by atoms with Crippen LogP contribution in [-0.4, -0.2) is 267 Å². The number of hydrogen-bond acceptors (Lipinski definition) is 32. The first-order valence-electron chi connectivity index (χ1n) is 47.1. The maximum absolute atomic E-state index is 12.4. The quantitative estimate of drug-likeness (QED) is 0.0434. The minimum Gasteiger partial charge on any atom is -0.371 e. The lowest BCUT2D eigenvalue weighted by atomic mass is 9.64. The topological polar surface area (TPSA) is 868 Å². The van der Waals surface area contributed by atoms with E-state index in [4.69, 9.17) is 82.1 Å². The van der Waals surface area contributed by atoms with E-state index in [0.717, 1.165) is 216 Å². The van der Waals surface area contributed by atoms with Crippen LogP contribution in [0.2, 0.25) is 0 Å². The van der Waals surface area contributed by atoms with E-state index in [9.17, 15) is 42.1 Å². The number of sulfonamides is 5. The number of nitrogens with one attached hydrogen (secondary N) is 8. The SMILES string of the molecule is Cc1ccc(C2CCC(C3CCN(C(=N)N)CC3)CC2)c(-c2nn[nH]n2)c1S(N)(=O)=O.Cc1ccc(C2CCC(N=C(N)N)CC2)c(-c2nn[nH]n2)c1S(N)(=O)=O.Cc1ccc(C2CCC3(CC2)CCN(C(=N)N)CC3)c(-c2nn[nH]n2)c1S(N)(=O)=O.Cc1ccc(N2CCC(N=C(N)N)CC2)c(-c2nn[nH]n2)c1S(N)(=O)=O.Cc1ccc(N2CCC3(CCN(C(=N)N)CC3)CC2)c(-c2nn[nH]n2)c1S(N)(=O)=O. The molecule has 5 aromatic heterocycles. The van der Waals surface area contributed by atoms with Gasteiger partial charge in [0.2, 0.25) is 79.2 Å². The Kier molecular flexibility index (Phi) is 32.6. The lowest BCUT2D eigenvalue weighted by Crippen LogP contribution is -2.49. The summed E-state index contributed by atoms with van der Waals surface area (Å²) in [5, 5.41) is 121. The Morgan fingerprint density at radius 2 is 0.559 bits per heavy atom. The molecule has 0 bridgehead atoms. The van der Waals surface area contributed by atoms with Crippen LogP contribution < -0.4 is 75.6 Å². The third kappa shape index (κ3) is 24.9. The largest absolute Gasteiger partial charge is 0.371 e. The Morgan fingerprint density at radius 1 is 0.308 bits per heavy atom. The smallest absolute Gasteiger partial charge is 0.239 e. The van der Waals surface area contributed by atoms with Crippen molar-refractivity contribution in [1.29, 1.82) is 16.2 Å². The first kappa shape index (κ1) is 106. The highest BCUT2D eigenvalue weighted by Crippen LogP contribution is 2.53. The van der Waals surface area contributed by atoms with Gasteiger partial charge in [-0.05, 0) is 299 Å². The van der Waals surface area contributed by atoms with E-state index in [1.54, 1.807) is 52.8 Å². The molecule has 10 aromatic rings. The van der Waals surface area contributed by atoms with Crippen LogP contribution in [0.4, 0.5) is 11.4 Å². The fraction of sp³-hybridized carbons (Fsp3) is 0.535. The number of rotatable bonds is 18. The molecule has 772 valence electrons. The van der Waals surface area contributed by atoms with Gasteiger partial charge >= 0.3 is 0 Å². The molecule has 143 heavy (non-hydrogen) atoms. The summed E-state index contributed by atoms with van der Waals surface area (Å²) in [6.07, 6.45) is 21.1. The number of aryl methyl sites for hydroxylation is 5. The van der Waals surface area contributed by atoms with Crippen molar-refractivity contribution >= 4 is 91.3 Å². The van der Waals surface area contributed by atoms with E-state index in [2.05, 4.69) is 123 Å². The van der Waals surface area contributed by atoms with E-state index >= 15 is 0 Å². The zero-order chi connectivity index (χ0) is 103. The summed E-state index contributed by atoms with van der Waals surface area (Å²) in [6, 6.07) is 18.7. The number of nitrogens with two attached hydrogens (primary N) is 12. The Morgan fingerprint density at radius 3 is 0.853 bits per heavy atom. The number of H-pyrrole nitrogens is 5. The van der Waals surface area contributed by atoms with Gasteiger partial charge in [0.15, 0.2) is 29.8 Å². The second kappa shape index (κ2) is 44.0. The number of likely N-dealkylation sites (tertiary alicyclic amines) is 3. The molecule has 0 unspecified atom stereocenters. The molecule has 0 amide bonds. The van der Waals surface area contributed by atoms with E-state index < -0.39 is 50.1 Å². The van der Waals surface area contributed by atoms with Gasteiger partial charge in [-0.1, -0.05) is 48.5 Å². The van der Waals surface area contributed by atoms with Gasteiger partial charge in [0.1, 0.15) is 0 Å². The van der Waals surface area contributed by atoms with Crippen molar-refractivity contribution in [3.05, 3.63) is 105 Å². The molecule has 3 saturated carbocycles. The van der Waals surface area contributed by atoms with Crippen LogP contribution in [-0.2, 0) is 50.1 Å². The summed E-state index contributed by atoms with van der Waals surface area (Å²) in [5.41, 5.74) is 48.3. The number of hydrogen-bond donors (Lipinski definition) is 20. The normalized spacial score (nSPS) is 19.9. The molecule has 8 aliphatic rings. The zero-order valence-corrected chi connectivity index (χ0v) is 84.4. The summed E-state index contributed by atoms with van der Waals surface area (Å²) >= 11 is 0. The number of aromatic nitrogens is 20. The number of aliphatic imine (C=N–C) groups is 2. The van der Waals surface area contributed by atoms with Gasteiger partial charge in [-0.3, -0.25) is 26.2 Å². The van der Waals surface area contributed by atoms with Gasteiger partial charge in [0.05, 0.1) is 47.7 Å². The van der Waals surface area contributed by atoms with Crippen molar-refractivity contribution in [3.8, 4) is 56.9 Å². The predicted octanol–water partition coefficient (Wildman–Crippen LogP) is 2.74. The molecule has 5 saturated heterocycles. The third-order valence-corrected chi connectivity index (χ3v) is 34.9. The summed E-state index contributed by atoms with van der Waals surface area (Å²) in [4.78, 5) is 18.7. The van der Waals surface area contributed by atoms with Gasteiger partial charge in [-0.15, -0.1) is 51.0 Å². The number of guanidine groups is 5.